The first-order valence-electron chi connectivity index (χ1n) is 12.2. The molecule has 10 nitrogen and oxygen atoms in total. The van der Waals surface area contributed by atoms with Crippen LogP contribution in [-0.4, -0.2) is 52.7 Å². The highest BCUT2D eigenvalue weighted by Crippen LogP contribution is 2.28. The molecule has 0 saturated carbocycles. The summed E-state index contributed by atoms with van der Waals surface area (Å²) in [4.78, 5) is 16.5. The number of alkyl halides is 3. The number of halogens is 3. The van der Waals surface area contributed by atoms with Gasteiger partial charge in [-0.1, -0.05) is 12.1 Å². The summed E-state index contributed by atoms with van der Waals surface area (Å²) in [5.74, 6) is 0.0186. The monoisotopic (exact) mass is 533 g/mol. The highest BCUT2D eigenvalue weighted by Gasteiger charge is 2.31. The van der Waals surface area contributed by atoms with E-state index < -0.39 is 11.3 Å². The van der Waals surface area contributed by atoms with Crippen molar-refractivity contribution in [1.82, 2.24) is 14.9 Å². The zero-order valence-corrected chi connectivity index (χ0v) is 20.3. The van der Waals surface area contributed by atoms with E-state index >= 15 is 0 Å². The Morgan fingerprint density at radius 2 is 1.76 bits per heavy atom. The Balaban J connectivity index is 1.06. The Bertz CT molecular complexity index is 1240. The van der Waals surface area contributed by atoms with E-state index in [1.165, 1.54) is 30.5 Å². The maximum absolute atomic E-state index is 12.3. The van der Waals surface area contributed by atoms with E-state index in [1.807, 2.05) is 0 Å². The van der Waals surface area contributed by atoms with Gasteiger partial charge in [0.2, 0.25) is 0 Å². The van der Waals surface area contributed by atoms with Gasteiger partial charge in [-0.2, -0.15) is 0 Å². The number of imidazole rings is 1. The van der Waals surface area contributed by atoms with Crippen molar-refractivity contribution in [3.8, 4) is 17.5 Å². The minimum Gasteiger partial charge on any atom is -0.490 e. The lowest BCUT2D eigenvalue weighted by Gasteiger charge is -2.34. The molecule has 38 heavy (non-hydrogen) atoms. The van der Waals surface area contributed by atoms with Gasteiger partial charge < -0.3 is 34.5 Å². The number of ether oxygens (including phenoxy) is 3. The highest BCUT2D eigenvalue weighted by atomic mass is 19.4. The van der Waals surface area contributed by atoms with Crippen molar-refractivity contribution in [1.29, 1.82) is 0 Å². The Morgan fingerprint density at radius 3 is 2.42 bits per heavy atom. The predicted octanol–water partition coefficient (Wildman–Crippen LogP) is 4.29. The number of aromatic nitrogens is 2. The molecule has 3 aromatic rings. The molecular weight excluding hydrogens is 507 g/mol. The lowest BCUT2D eigenvalue weighted by atomic mass is 10.1. The maximum atomic E-state index is 12.3. The van der Waals surface area contributed by atoms with Gasteiger partial charge >= 0.3 is 18.2 Å². The maximum Gasteiger partial charge on any atom is 0.573 e. The van der Waals surface area contributed by atoms with Crippen LogP contribution in [-0.2, 0) is 13.1 Å². The minimum atomic E-state index is -4.72. The highest BCUT2D eigenvalue weighted by molar-refractivity contribution is 5.48. The molecule has 3 heterocycles. The molecule has 2 aliphatic rings. The van der Waals surface area contributed by atoms with Gasteiger partial charge in [0.15, 0.2) is 0 Å². The molecule has 2 aromatic carbocycles. The first-order valence-corrected chi connectivity index (χ1v) is 12.2. The van der Waals surface area contributed by atoms with Crippen LogP contribution >= 0.6 is 0 Å². The molecule has 0 unspecified atom stereocenters. The first-order chi connectivity index (χ1) is 18.2. The summed E-state index contributed by atoms with van der Waals surface area (Å²) < 4.78 is 54.0. The van der Waals surface area contributed by atoms with Crippen molar-refractivity contribution in [2.75, 3.05) is 24.6 Å². The SMILES string of the molecule is O=[N+]([O-])c1cn2c(n1)OC[C@@H](NCc1ccc(N3CCC(Oc4ccc(OC(F)(F)F)cc4)CC3)cc1)C2. The minimum absolute atomic E-state index is 0.00313. The molecule has 1 saturated heterocycles. The second-order valence-electron chi connectivity index (χ2n) is 9.17. The molecular formula is C25H26F3N5O5. The van der Waals surface area contributed by atoms with Crippen LogP contribution in [0.5, 0.6) is 17.5 Å². The van der Waals surface area contributed by atoms with E-state index in [0.29, 0.717) is 25.4 Å². The fraction of sp³-hybridized carbons (Fsp3) is 0.400. The standard InChI is InChI=1S/C25H26F3N5O5/c26-25(27,28)38-22-7-5-20(6-8-22)37-21-9-11-31(12-10-21)19-3-1-17(2-4-19)13-29-18-14-32-15-23(33(34)35)30-24(32)36-16-18/h1-8,15,18,21,29H,9-14,16H2/t18-/m0/s1. The third-order valence-electron chi connectivity index (χ3n) is 6.44. The van der Waals surface area contributed by atoms with Crippen LogP contribution in [0.25, 0.3) is 0 Å². The first kappa shape index (κ1) is 25.6. The van der Waals surface area contributed by atoms with E-state index in [9.17, 15) is 23.3 Å². The molecule has 0 bridgehead atoms. The number of hydrogen-bond acceptors (Lipinski definition) is 8. The molecule has 1 N–H and O–H groups in total. The van der Waals surface area contributed by atoms with Crippen molar-refractivity contribution < 1.29 is 32.3 Å². The van der Waals surface area contributed by atoms with Crippen molar-refractivity contribution in [2.24, 2.45) is 0 Å². The summed E-state index contributed by atoms with van der Waals surface area (Å²) in [7, 11) is 0. The summed E-state index contributed by atoms with van der Waals surface area (Å²) in [6.45, 7) is 3.15. The van der Waals surface area contributed by atoms with Crippen LogP contribution in [0.1, 0.15) is 18.4 Å². The van der Waals surface area contributed by atoms with Gasteiger partial charge in [-0.3, -0.25) is 4.57 Å². The topological polar surface area (TPSA) is 104 Å². The van der Waals surface area contributed by atoms with Gasteiger partial charge in [-0.05, 0) is 46.9 Å². The van der Waals surface area contributed by atoms with Crippen LogP contribution in [0, 0.1) is 10.1 Å². The van der Waals surface area contributed by atoms with Crippen molar-refractivity contribution >= 4 is 11.5 Å². The van der Waals surface area contributed by atoms with Gasteiger partial charge in [0.05, 0.1) is 6.04 Å². The third-order valence-corrected chi connectivity index (χ3v) is 6.44. The Hall–Kier alpha value is -4.00. The fourth-order valence-corrected chi connectivity index (χ4v) is 4.54. The second kappa shape index (κ2) is 10.8. The number of hydrogen-bond donors (Lipinski definition) is 1. The molecule has 13 heteroatoms. The summed E-state index contributed by atoms with van der Waals surface area (Å²) in [5.41, 5.74) is 2.21. The normalized spacial score (nSPS) is 18.0. The number of rotatable bonds is 8. The molecule has 1 aromatic heterocycles. The molecule has 2 aliphatic heterocycles. The Kier molecular flexibility index (Phi) is 7.27. The van der Waals surface area contributed by atoms with Crippen LogP contribution in [0.15, 0.2) is 54.7 Å². The van der Waals surface area contributed by atoms with Crippen molar-refractivity contribution in [3.63, 3.8) is 0 Å². The molecule has 0 amide bonds. The molecule has 5 rings (SSSR count). The zero-order valence-electron chi connectivity index (χ0n) is 20.3. The third kappa shape index (κ3) is 6.46. The van der Waals surface area contributed by atoms with Crippen LogP contribution < -0.4 is 24.4 Å². The average Bonchev–Trinajstić information content (AvgIpc) is 3.33. The molecule has 1 fully saturated rings. The van der Waals surface area contributed by atoms with E-state index in [1.54, 1.807) is 4.57 Å². The van der Waals surface area contributed by atoms with E-state index in [-0.39, 0.29) is 29.7 Å². The predicted molar refractivity (Wildman–Crippen MR) is 130 cm³/mol. The summed E-state index contributed by atoms with van der Waals surface area (Å²) in [6, 6.07) is 14.0. The van der Waals surface area contributed by atoms with E-state index in [4.69, 9.17) is 9.47 Å². The zero-order chi connectivity index (χ0) is 26.7. The number of nitro groups is 1. The fourth-order valence-electron chi connectivity index (χ4n) is 4.54. The number of fused-ring (bicyclic) bond motifs is 1. The summed E-state index contributed by atoms with van der Waals surface area (Å²) in [5, 5.41) is 14.3. The molecule has 1 atom stereocenters. The van der Waals surface area contributed by atoms with Crippen LogP contribution in [0.2, 0.25) is 0 Å². The van der Waals surface area contributed by atoms with Gasteiger partial charge in [0.25, 0.3) is 0 Å². The molecule has 202 valence electrons. The van der Waals surface area contributed by atoms with Gasteiger partial charge in [-0.25, -0.2) is 0 Å². The Morgan fingerprint density at radius 1 is 1.08 bits per heavy atom. The van der Waals surface area contributed by atoms with Crippen LogP contribution in [0.4, 0.5) is 24.7 Å². The number of nitrogens with zero attached hydrogens (tertiary/aromatic N) is 4. The molecule has 0 spiro atoms. The number of nitrogens with one attached hydrogen (secondary N) is 1. The lowest BCUT2D eigenvalue weighted by Crippen LogP contribution is -2.41. The molecule has 0 aliphatic carbocycles. The van der Waals surface area contributed by atoms with Crippen molar-refractivity contribution in [2.45, 2.75) is 44.4 Å². The second-order valence-corrected chi connectivity index (χ2v) is 9.17. The van der Waals surface area contributed by atoms with Crippen LogP contribution in [0.3, 0.4) is 0 Å². The summed E-state index contributed by atoms with van der Waals surface area (Å²) >= 11 is 0. The van der Waals surface area contributed by atoms with E-state index in [0.717, 1.165) is 37.2 Å². The number of anilines is 1. The molecule has 0 radical (unpaired) electrons. The largest absolute Gasteiger partial charge is 0.573 e. The average molecular weight is 534 g/mol. The summed E-state index contributed by atoms with van der Waals surface area (Å²) in [6.07, 6.45) is -1.76. The van der Waals surface area contributed by atoms with Gasteiger partial charge in [-0.15, -0.1) is 13.2 Å². The van der Waals surface area contributed by atoms with Crippen molar-refractivity contribution in [3.05, 3.63) is 70.4 Å². The Labute approximate surface area is 216 Å². The number of benzene rings is 2. The van der Waals surface area contributed by atoms with E-state index in [2.05, 4.69) is 44.2 Å². The van der Waals surface area contributed by atoms with Gasteiger partial charge in [0.1, 0.15) is 30.4 Å². The smallest absolute Gasteiger partial charge is 0.490 e. The number of piperidine rings is 1. The quantitative estimate of drug-likeness (QED) is 0.338. The lowest BCUT2D eigenvalue weighted by molar-refractivity contribution is -0.389. The van der Waals surface area contributed by atoms with Gasteiger partial charge in [0, 0.05) is 49.7 Å².